The summed E-state index contributed by atoms with van der Waals surface area (Å²) in [6.07, 6.45) is 1.96. The normalized spacial score (nSPS) is 24.6. The minimum atomic E-state index is -0.716. The van der Waals surface area contributed by atoms with Crippen molar-refractivity contribution in [3.8, 4) is 0 Å². The lowest BCUT2D eigenvalue weighted by molar-refractivity contribution is 0.546. The molecule has 0 saturated heterocycles. The highest BCUT2D eigenvalue weighted by Gasteiger charge is 2.34. The molecule has 1 aliphatic rings. The third-order valence-corrected chi connectivity index (χ3v) is 5.27. The smallest absolute Gasteiger partial charge is 0.0583 e. The number of nitrogens with one attached hydrogen (secondary N) is 1. The Hall–Kier alpha value is -0.670. The van der Waals surface area contributed by atoms with E-state index in [0.717, 1.165) is 25.1 Å². The average Bonchev–Trinajstić information content (AvgIpc) is 2.70. The van der Waals surface area contributed by atoms with Crippen molar-refractivity contribution in [1.29, 1.82) is 0 Å². The highest BCUT2D eigenvalue weighted by Crippen LogP contribution is 2.34. The summed E-state index contributed by atoms with van der Waals surface area (Å²) in [5.74, 6) is 0.820. The molecule has 94 valence electrons. The molecule has 0 radical (unpaired) electrons. The summed E-state index contributed by atoms with van der Waals surface area (Å²) in [5, 5.41) is 3.75. The Bertz CT molecular complexity index is 405. The first-order valence-corrected chi connectivity index (χ1v) is 7.84. The quantitative estimate of drug-likeness (QED) is 0.871. The summed E-state index contributed by atoms with van der Waals surface area (Å²) < 4.78 is 12.3. The van der Waals surface area contributed by atoms with E-state index in [1.807, 2.05) is 0 Å². The Balaban J connectivity index is 2.23. The molecule has 1 aromatic rings. The van der Waals surface area contributed by atoms with Crippen molar-refractivity contribution >= 4 is 10.8 Å². The molecule has 0 amide bonds. The molecule has 1 aromatic carbocycles. The molecule has 1 aliphatic carbocycles. The topological polar surface area (TPSA) is 29.1 Å². The van der Waals surface area contributed by atoms with Crippen molar-refractivity contribution in [2.45, 2.75) is 38.0 Å². The van der Waals surface area contributed by atoms with Gasteiger partial charge in [0.2, 0.25) is 0 Å². The van der Waals surface area contributed by atoms with Crippen LogP contribution in [0.2, 0.25) is 0 Å². The van der Waals surface area contributed by atoms with Gasteiger partial charge in [-0.15, -0.1) is 0 Å². The maximum Gasteiger partial charge on any atom is 0.0583 e. The number of benzene rings is 1. The predicted molar refractivity (Wildman–Crippen MR) is 73.7 cm³/mol. The van der Waals surface area contributed by atoms with Gasteiger partial charge >= 0.3 is 0 Å². The van der Waals surface area contributed by atoms with E-state index in [4.69, 9.17) is 0 Å². The Morgan fingerprint density at radius 2 is 2.12 bits per heavy atom. The molecule has 0 spiro atoms. The molecule has 1 N–H and O–H groups in total. The molecule has 2 nitrogen and oxygen atoms in total. The third-order valence-electron chi connectivity index (χ3n) is 3.35. The highest BCUT2D eigenvalue weighted by molar-refractivity contribution is 7.85. The number of fused-ring (bicyclic) bond motifs is 1. The second-order valence-electron chi connectivity index (χ2n) is 4.56. The molecule has 0 aliphatic heterocycles. The maximum atomic E-state index is 12.3. The molecule has 0 aromatic heterocycles. The predicted octanol–water partition coefficient (Wildman–Crippen LogP) is 2.42. The van der Waals surface area contributed by atoms with E-state index >= 15 is 0 Å². The van der Waals surface area contributed by atoms with Gasteiger partial charge in [0.25, 0.3) is 0 Å². The Kier molecular flexibility index (Phi) is 4.35. The van der Waals surface area contributed by atoms with Crippen LogP contribution in [0.1, 0.15) is 37.4 Å². The van der Waals surface area contributed by atoms with E-state index in [9.17, 15) is 4.21 Å². The van der Waals surface area contributed by atoms with Gasteiger partial charge in [-0.25, -0.2) is 0 Å². The van der Waals surface area contributed by atoms with Crippen LogP contribution >= 0.6 is 0 Å². The van der Waals surface area contributed by atoms with Crippen molar-refractivity contribution in [3.05, 3.63) is 35.4 Å². The van der Waals surface area contributed by atoms with E-state index in [1.165, 1.54) is 11.1 Å². The molecule has 3 heteroatoms. The van der Waals surface area contributed by atoms with Crippen LogP contribution in [0.15, 0.2) is 24.3 Å². The van der Waals surface area contributed by atoms with E-state index < -0.39 is 10.8 Å². The van der Waals surface area contributed by atoms with Crippen LogP contribution in [0.3, 0.4) is 0 Å². The van der Waals surface area contributed by atoms with Gasteiger partial charge in [-0.2, -0.15) is 0 Å². The van der Waals surface area contributed by atoms with Gasteiger partial charge < -0.3 is 5.32 Å². The highest BCUT2D eigenvalue weighted by atomic mass is 32.2. The first kappa shape index (κ1) is 12.8. The zero-order valence-corrected chi connectivity index (χ0v) is 11.4. The van der Waals surface area contributed by atoms with Gasteiger partial charge in [0, 0.05) is 22.6 Å². The fraction of sp³-hybridized carbons (Fsp3) is 0.571. The number of rotatable bonds is 5. The largest absolute Gasteiger partial charge is 0.309 e. The molecule has 0 fully saturated rings. The van der Waals surface area contributed by atoms with Crippen molar-refractivity contribution in [1.82, 2.24) is 5.32 Å². The molecule has 0 heterocycles. The Morgan fingerprint density at radius 1 is 1.35 bits per heavy atom. The summed E-state index contributed by atoms with van der Waals surface area (Å²) in [6.45, 7) is 5.14. The lowest BCUT2D eigenvalue weighted by atomic mass is 10.1. The minimum absolute atomic E-state index is 0.257. The first-order chi connectivity index (χ1) is 8.27. The van der Waals surface area contributed by atoms with Gasteiger partial charge in [0.1, 0.15) is 0 Å². The fourth-order valence-electron chi connectivity index (χ4n) is 2.62. The molecule has 3 unspecified atom stereocenters. The van der Waals surface area contributed by atoms with Crippen molar-refractivity contribution in [3.63, 3.8) is 0 Å². The fourth-order valence-corrected chi connectivity index (χ4v) is 4.23. The summed E-state index contributed by atoms with van der Waals surface area (Å²) in [4.78, 5) is 0. The van der Waals surface area contributed by atoms with Crippen molar-refractivity contribution in [2.24, 2.45) is 0 Å². The SMILES string of the molecule is CCCS(=O)C1Cc2ccccc2C1NCC. The van der Waals surface area contributed by atoms with Crippen LogP contribution in [0.25, 0.3) is 0 Å². The summed E-state index contributed by atoms with van der Waals surface area (Å²) >= 11 is 0. The van der Waals surface area contributed by atoms with E-state index in [1.54, 1.807) is 0 Å². The van der Waals surface area contributed by atoms with Crippen LogP contribution in [-0.2, 0) is 17.2 Å². The van der Waals surface area contributed by atoms with E-state index in [0.29, 0.717) is 0 Å². The Morgan fingerprint density at radius 3 is 2.82 bits per heavy atom. The molecule has 0 saturated carbocycles. The monoisotopic (exact) mass is 251 g/mol. The maximum absolute atomic E-state index is 12.3. The second-order valence-corrected chi connectivity index (χ2v) is 6.34. The van der Waals surface area contributed by atoms with Gasteiger partial charge in [-0.3, -0.25) is 4.21 Å². The van der Waals surface area contributed by atoms with Crippen LogP contribution in [0.4, 0.5) is 0 Å². The molecule has 17 heavy (non-hydrogen) atoms. The molecular weight excluding hydrogens is 230 g/mol. The van der Waals surface area contributed by atoms with Crippen LogP contribution in [0.5, 0.6) is 0 Å². The minimum Gasteiger partial charge on any atom is -0.309 e. The molecular formula is C14H21NOS. The van der Waals surface area contributed by atoms with Gasteiger partial charge in [-0.1, -0.05) is 38.1 Å². The van der Waals surface area contributed by atoms with Gasteiger partial charge in [0.05, 0.1) is 5.25 Å². The van der Waals surface area contributed by atoms with Crippen LogP contribution < -0.4 is 5.32 Å². The van der Waals surface area contributed by atoms with Crippen molar-refractivity contribution in [2.75, 3.05) is 12.3 Å². The van der Waals surface area contributed by atoms with Crippen LogP contribution in [0, 0.1) is 0 Å². The van der Waals surface area contributed by atoms with E-state index in [2.05, 4.69) is 43.4 Å². The van der Waals surface area contributed by atoms with Crippen molar-refractivity contribution < 1.29 is 4.21 Å². The lowest BCUT2D eigenvalue weighted by Crippen LogP contribution is -2.32. The molecule has 0 bridgehead atoms. The standard InChI is InChI=1S/C14H21NOS/c1-3-9-17(16)13-10-11-7-5-6-8-12(11)14(13)15-4-2/h5-8,13-15H,3-4,9-10H2,1-2H3. The average molecular weight is 251 g/mol. The summed E-state index contributed by atoms with van der Waals surface area (Å²) in [7, 11) is -0.716. The molecule has 3 atom stereocenters. The van der Waals surface area contributed by atoms with Gasteiger partial charge in [0.15, 0.2) is 0 Å². The lowest BCUT2D eigenvalue weighted by Gasteiger charge is -2.20. The number of hydrogen-bond acceptors (Lipinski definition) is 2. The zero-order valence-electron chi connectivity index (χ0n) is 10.6. The number of hydrogen-bond donors (Lipinski definition) is 1. The van der Waals surface area contributed by atoms with Gasteiger partial charge in [-0.05, 0) is 30.5 Å². The zero-order chi connectivity index (χ0) is 12.3. The second kappa shape index (κ2) is 5.78. The third kappa shape index (κ3) is 2.61. The Labute approximate surface area is 106 Å². The van der Waals surface area contributed by atoms with Crippen LogP contribution in [-0.4, -0.2) is 21.8 Å². The summed E-state index contributed by atoms with van der Waals surface area (Å²) in [5.41, 5.74) is 2.72. The van der Waals surface area contributed by atoms with E-state index in [-0.39, 0.29) is 11.3 Å². The summed E-state index contributed by atoms with van der Waals surface area (Å²) in [6, 6.07) is 8.78. The molecule has 2 rings (SSSR count). The first-order valence-electron chi connectivity index (χ1n) is 6.46.